The number of anilines is 1. The molecule has 140 valence electrons. The lowest BCUT2D eigenvalue weighted by atomic mass is 10.1. The van der Waals surface area contributed by atoms with E-state index in [9.17, 15) is 26.4 Å². The van der Waals surface area contributed by atoms with Crippen molar-refractivity contribution in [1.82, 2.24) is 5.32 Å². The molecule has 5 nitrogen and oxygen atoms in total. The summed E-state index contributed by atoms with van der Waals surface area (Å²) >= 11 is 0. The average molecular weight is 386 g/mol. The summed E-state index contributed by atoms with van der Waals surface area (Å²) in [5.74, 6) is -0.936. The lowest BCUT2D eigenvalue weighted by molar-refractivity contribution is -0.123. The summed E-state index contributed by atoms with van der Waals surface area (Å²) in [5, 5.41) is 1.72. The molecule has 0 atom stereocenters. The topological polar surface area (TPSA) is 75.3 Å². The Morgan fingerprint density at radius 3 is 2.19 bits per heavy atom. The molecule has 0 aliphatic carbocycles. The molecule has 26 heavy (non-hydrogen) atoms. The highest BCUT2D eigenvalue weighted by atomic mass is 32.2. The van der Waals surface area contributed by atoms with Crippen molar-refractivity contribution in [3.8, 4) is 0 Å². The van der Waals surface area contributed by atoms with Crippen LogP contribution < -0.4 is 10.0 Å². The van der Waals surface area contributed by atoms with Gasteiger partial charge in [-0.05, 0) is 49.7 Å². The van der Waals surface area contributed by atoms with Crippen molar-refractivity contribution in [3.05, 3.63) is 59.2 Å². The Balaban J connectivity index is 2.14. The predicted molar refractivity (Wildman–Crippen MR) is 91.6 cm³/mol. The molecular formula is C17H17F3N2O3S. The number of carbonyl (C=O) groups is 1. The first kappa shape index (κ1) is 19.8. The van der Waals surface area contributed by atoms with Crippen LogP contribution in [0.15, 0.2) is 47.4 Å². The Kier molecular flexibility index (Phi) is 5.60. The first-order valence-corrected chi connectivity index (χ1v) is 9.01. The van der Waals surface area contributed by atoms with Crippen LogP contribution in [0.1, 0.15) is 21.5 Å². The third-order valence-corrected chi connectivity index (χ3v) is 4.88. The summed E-state index contributed by atoms with van der Waals surface area (Å²) in [6.07, 6.45) is -4.52. The first-order valence-electron chi connectivity index (χ1n) is 7.53. The molecule has 0 saturated heterocycles. The van der Waals surface area contributed by atoms with Crippen LogP contribution in [0, 0.1) is 13.8 Å². The van der Waals surface area contributed by atoms with E-state index in [2.05, 4.69) is 4.72 Å². The van der Waals surface area contributed by atoms with Crippen molar-refractivity contribution in [1.29, 1.82) is 0 Å². The van der Waals surface area contributed by atoms with Crippen molar-refractivity contribution in [2.45, 2.75) is 24.9 Å². The molecule has 2 aromatic carbocycles. The van der Waals surface area contributed by atoms with Gasteiger partial charge in [-0.15, -0.1) is 0 Å². The maximum Gasteiger partial charge on any atom is 0.405 e. The highest BCUT2D eigenvalue weighted by Gasteiger charge is 2.28. The van der Waals surface area contributed by atoms with E-state index in [0.717, 1.165) is 35.4 Å². The molecule has 2 N–H and O–H groups in total. The van der Waals surface area contributed by atoms with Crippen LogP contribution in [0.4, 0.5) is 18.9 Å². The fraction of sp³-hybridized carbons (Fsp3) is 0.235. The summed E-state index contributed by atoms with van der Waals surface area (Å²) in [6.45, 7) is 2.19. The zero-order chi connectivity index (χ0) is 19.5. The standard InChI is InChI=1S/C17H17F3N2O3S/c1-11-3-8-15(12(2)9-11)22-26(24,25)14-6-4-13(5-7-14)16(23)21-10-17(18,19)20/h3-9,22H,10H2,1-2H3,(H,21,23). The Bertz CT molecular complexity index is 908. The highest BCUT2D eigenvalue weighted by molar-refractivity contribution is 7.92. The Hall–Kier alpha value is -2.55. The fourth-order valence-electron chi connectivity index (χ4n) is 2.20. The Morgan fingerprint density at radius 1 is 1.04 bits per heavy atom. The van der Waals surface area contributed by atoms with Gasteiger partial charge in [0.25, 0.3) is 15.9 Å². The first-order chi connectivity index (χ1) is 12.0. The number of halogens is 3. The second-order valence-electron chi connectivity index (χ2n) is 5.75. The quantitative estimate of drug-likeness (QED) is 0.827. The number of hydrogen-bond acceptors (Lipinski definition) is 3. The maximum atomic E-state index is 12.4. The number of benzene rings is 2. The lowest BCUT2D eigenvalue weighted by Crippen LogP contribution is -2.33. The number of sulfonamides is 1. The van der Waals surface area contributed by atoms with E-state index < -0.39 is 28.7 Å². The van der Waals surface area contributed by atoms with Gasteiger partial charge in [0.05, 0.1) is 10.6 Å². The van der Waals surface area contributed by atoms with Gasteiger partial charge in [-0.1, -0.05) is 17.7 Å². The third-order valence-electron chi connectivity index (χ3n) is 3.50. The van der Waals surface area contributed by atoms with Crippen LogP contribution in [0.25, 0.3) is 0 Å². The number of aryl methyl sites for hydroxylation is 2. The van der Waals surface area contributed by atoms with Crippen LogP contribution in [0.5, 0.6) is 0 Å². The van der Waals surface area contributed by atoms with E-state index in [0.29, 0.717) is 5.69 Å². The molecule has 0 aromatic heterocycles. The molecule has 0 unspecified atom stereocenters. The average Bonchev–Trinajstić information content (AvgIpc) is 2.54. The minimum absolute atomic E-state index is 0.0697. The van der Waals surface area contributed by atoms with E-state index in [1.165, 1.54) is 0 Å². The molecule has 1 amide bonds. The minimum Gasteiger partial charge on any atom is -0.343 e. The van der Waals surface area contributed by atoms with Crippen molar-refractivity contribution in [2.24, 2.45) is 0 Å². The molecule has 0 aliphatic rings. The molecule has 0 fully saturated rings. The van der Waals surface area contributed by atoms with E-state index >= 15 is 0 Å². The van der Waals surface area contributed by atoms with Gasteiger partial charge >= 0.3 is 6.18 Å². The van der Waals surface area contributed by atoms with Crippen LogP contribution in [-0.4, -0.2) is 27.0 Å². The highest BCUT2D eigenvalue weighted by Crippen LogP contribution is 2.21. The van der Waals surface area contributed by atoms with Gasteiger partial charge in [0.1, 0.15) is 6.54 Å². The van der Waals surface area contributed by atoms with Crippen molar-refractivity contribution >= 4 is 21.6 Å². The van der Waals surface area contributed by atoms with Gasteiger partial charge in [-0.2, -0.15) is 13.2 Å². The van der Waals surface area contributed by atoms with Crippen molar-refractivity contribution < 1.29 is 26.4 Å². The largest absolute Gasteiger partial charge is 0.405 e. The summed E-state index contributed by atoms with van der Waals surface area (Å²) in [7, 11) is -3.89. The summed E-state index contributed by atoms with van der Waals surface area (Å²) in [4.78, 5) is 11.5. The summed E-state index contributed by atoms with van der Waals surface area (Å²) < 4.78 is 63.6. The smallest absolute Gasteiger partial charge is 0.343 e. The molecule has 0 spiro atoms. The zero-order valence-electron chi connectivity index (χ0n) is 14.0. The predicted octanol–water partition coefficient (Wildman–Crippen LogP) is 3.40. The number of rotatable bonds is 5. The number of alkyl halides is 3. The molecule has 2 rings (SSSR count). The monoisotopic (exact) mass is 386 g/mol. The second kappa shape index (κ2) is 7.36. The molecule has 0 bridgehead atoms. The fourth-order valence-corrected chi connectivity index (χ4v) is 3.33. The van der Waals surface area contributed by atoms with Gasteiger partial charge in [0.15, 0.2) is 0 Å². The molecule has 0 aliphatic heterocycles. The van der Waals surface area contributed by atoms with Crippen LogP contribution in [-0.2, 0) is 10.0 Å². The summed E-state index contributed by atoms with van der Waals surface area (Å²) in [5.41, 5.74) is 2.08. The SMILES string of the molecule is Cc1ccc(NS(=O)(=O)c2ccc(C(=O)NCC(F)(F)F)cc2)c(C)c1. The van der Waals surface area contributed by atoms with Crippen LogP contribution in [0.3, 0.4) is 0 Å². The number of hydrogen-bond donors (Lipinski definition) is 2. The molecular weight excluding hydrogens is 369 g/mol. The van der Waals surface area contributed by atoms with E-state index in [-0.39, 0.29) is 10.5 Å². The molecule has 9 heteroatoms. The lowest BCUT2D eigenvalue weighted by Gasteiger charge is -2.12. The van der Waals surface area contributed by atoms with Crippen molar-refractivity contribution in [3.63, 3.8) is 0 Å². The van der Waals surface area contributed by atoms with E-state index in [1.807, 2.05) is 13.0 Å². The van der Waals surface area contributed by atoms with Gasteiger partial charge in [-0.3, -0.25) is 9.52 Å². The number of amides is 1. The Morgan fingerprint density at radius 2 is 1.65 bits per heavy atom. The second-order valence-corrected chi connectivity index (χ2v) is 7.43. The van der Waals surface area contributed by atoms with Crippen molar-refractivity contribution in [2.75, 3.05) is 11.3 Å². The van der Waals surface area contributed by atoms with Crippen LogP contribution in [0.2, 0.25) is 0 Å². The van der Waals surface area contributed by atoms with Crippen LogP contribution >= 0.6 is 0 Å². The molecule has 2 aromatic rings. The summed E-state index contributed by atoms with van der Waals surface area (Å²) in [6, 6.07) is 9.86. The van der Waals surface area contributed by atoms with Gasteiger partial charge in [0.2, 0.25) is 0 Å². The third kappa shape index (κ3) is 5.22. The van der Waals surface area contributed by atoms with Gasteiger partial charge in [-0.25, -0.2) is 8.42 Å². The zero-order valence-corrected chi connectivity index (χ0v) is 14.8. The molecule has 0 saturated carbocycles. The van der Waals surface area contributed by atoms with E-state index in [1.54, 1.807) is 24.4 Å². The molecule has 0 radical (unpaired) electrons. The maximum absolute atomic E-state index is 12.4. The van der Waals surface area contributed by atoms with E-state index in [4.69, 9.17) is 0 Å². The molecule has 0 heterocycles. The van der Waals surface area contributed by atoms with Gasteiger partial charge in [0, 0.05) is 5.56 Å². The Labute approximate surface area is 149 Å². The number of carbonyl (C=O) groups excluding carboxylic acids is 1. The number of nitrogens with one attached hydrogen (secondary N) is 2. The minimum atomic E-state index is -4.52. The van der Waals surface area contributed by atoms with Gasteiger partial charge < -0.3 is 5.32 Å². The normalized spacial score (nSPS) is 11.9.